The van der Waals surface area contributed by atoms with Gasteiger partial charge in [-0.25, -0.2) is 4.79 Å². The van der Waals surface area contributed by atoms with E-state index in [0.717, 1.165) is 71.3 Å². The topological polar surface area (TPSA) is 59.6 Å². The Morgan fingerprint density at radius 1 is 1.04 bits per heavy atom. The third-order valence-electron chi connectivity index (χ3n) is 5.75. The van der Waals surface area contributed by atoms with Crippen LogP contribution in [0.2, 0.25) is 0 Å². The molecule has 0 aromatic heterocycles. The summed E-state index contributed by atoms with van der Waals surface area (Å²) < 4.78 is 11.5. The molecule has 0 saturated carbocycles. The minimum Gasteiger partial charge on any atom is -0.381 e. The monoisotopic (exact) mass is 374 g/mol. The Hall–Kier alpha value is -1.59. The van der Waals surface area contributed by atoms with Crippen LogP contribution in [0.25, 0.3) is 0 Å². The van der Waals surface area contributed by atoms with Gasteiger partial charge in [-0.2, -0.15) is 0 Å². The molecular formula is C22H34N2O3. The highest BCUT2D eigenvalue weighted by molar-refractivity contribution is 5.74. The fourth-order valence-electron chi connectivity index (χ4n) is 4.13. The van der Waals surface area contributed by atoms with Gasteiger partial charge in [0.1, 0.15) is 0 Å². The van der Waals surface area contributed by atoms with Crippen LogP contribution in [0.1, 0.15) is 56.9 Å². The van der Waals surface area contributed by atoms with Crippen molar-refractivity contribution in [2.75, 3.05) is 26.4 Å². The van der Waals surface area contributed by atoms with Gasteiger partial charge in [-0.15, -0.1) is 0 Å². The zero-order valence-electron chi connectivity index (χ0n) is 16.4. The first-order chi connectivity index (χ1) is 13.3. The van der Waals surface area contributed by atoms with Crippen molar-refractivity contribution in [2.24, 2.45) is 0 Å². The molecule has 0 bridgehead atoms. The van der Waals surface area contributed by atoms with Gasteiger partial charge in [0.25, 0.3) is 0 Å². The lowest BCUT2D eigenvalue weighted by Gasteiger charge is -2.43. The molecule has 2 aliphatic heterocycles. The number of benzene rings is 1. The largest absolute Gasteiger partial charge is 0.381 e. The molecule has 2 N–H and O–H groups in total. The SMILES string of the molecule is O=C(NCCCCCCc1ccccc1)NC1CCOC2(CCOCC2)C1. The first-order valence-corrected chi connectivity index (χ1v) is 10.6. The second-order valence-electron chi connectivity index (χ2n) is 7.88. The number of nitrogens with one attached hydrogen (secondary N) is 2. The minimum absolute atomic E-state index is 0.0339. The van der Waals surface area contributed by atoms with Crippen LogP contribution >= 0.6 is 0 Å². The average Bonchev–Trinajstić information content (AvgIpc) is 2.69. The van der Waals surface area contributed by atoms with Crippen molar-refractivity contribution in [2.45, 2.75) is 69.4 Å². The fourth-order valence-corrected chi connectivity index (χ4v) is 4.13. The molecule has 1 atom stereocenters. The molecule has 2 fully saturated rings. The molecule has 3 rings (SSSR count). The standard InChI is InChI=1S/C22H34N2O3/c25-21(23-14-7-2-1-4-8-19-9-5-3-6-10-19)24-20-11-15-27-22(18-20)12-16-26-17-13-22/h3,5-6,9-10,20H,1-2,4,7-8,11-18H2,(H2,23,24,25). The van der Waals surface area contributed by atoms with E-state index in [2.05, 4.69) is 41.0 Å². The highest BCUT2D eigenvalue weighted by Gasteiger charge is 2.39. The first-order valence-electron chi connectivity index (χ1n) is 10.6. The van der Waals surface area contributed by atoms with E-state index in [4.69, 9.17) is 9.47 Å². The lowest BCUT2D eigenvalue weighted by Crippen LogP contribution is -2.52. The van der Waals surface area contributed by atoms with Gasteiger partial charge in [-0.1, -0.05) is 43.2 Å². The highest BCUT2D eigenvalue weighted by atomic mass is 16.5. The van der Waals surface area contributed by atoms with Crippen molar-refractivity contribution < 1.29 is 14.3 Å². The van der Waals surface area contributed by atoms with Crippen molar-refractivity contribution in [1.82, 2.24) is 10.6 Å². The van der Waals surface area contributed by atoms with Crippen LogP contribution in [0.4, 0.5) is 4.79 Å². The second-order valence-corrected chi connectivity index (χ2v) is 7.88. The number of ether oxygens (including phenoxy) is 2. The van der Waals surface area contributed by atoms with Gasteiger partial charge in [0, 0.05) is 32.4 Å². The molecule has 1 spiro atoms. The van der Waals surface area contributed by atoms with Crippen LogP contribution in [-0.4, -0.2) is 44.0 Å². The van der Waals surface area contributed by atoms with Crippen LogP contribution in [0.5, 0.6) is 0 Å². The Kier molecular flexibility index (Phi) is 7.96. The second kappa shape index (κ2) is 10.7. The van der Waals surface area contributed by atoms with Crippen molar-refractivity contribution >= 4 is 6.03 Å². The van der Waals surface area contributed by atoms with Crippen molar-refractivity contribution in [1.29, 1.82) is 0 Å². The van der Waals surface area contributed by atoms with Crippen LogP contribution in [0, 0.1) is 0 Å². The van der Waals surface area contributed by atoms with Crippen LogP contribution < -0.4 is 10.6 Å². The summed E-state index contributed by atoms with van der Waals surface area (Å²) in [5.41, 5.74) is 1.33. The Bertz CT molecular complexity index is 552. The number of urea groups is 1. The van der Waals surface area contributed by atoms with Gasteiger partial charge in [0.2, 0.25) is 0 Å². The molecule has 27 heavy (non-hydrogen) atoms. The predicted octanol–water partition coefficient (Wildman–Crippen LogP) is 3.82. The van der Waals surface area contributed by atoms with Gasteiger partial charge >= 0.3 is 6.03 Å². The first kappa shape index (κ1) is 20.2. The van der Waals surface area contributed by atoms with Crippen LogP contribution in [0.3, 0.4) is 0 Å². The Labute approximate surface area is 163 Å². The van der Waals surface area contributed by atoms with E-state index < -0.39 is 0 Å². The molecule has 1 unspecified atom stereocenters. The Morgan fingerprint density at radius 3 is 2.63 bits per heavy atom. The molecule has 1 aromatic rings. The van der Waals surface area contributed by atoms with Gasteiger partial charge in [-0.05, 0) is 50.5 Å². The quantitative estimate of drug-likeness (QED) is 0.680. The van der Waals surface area contributed by atoms with Crippen LogP contribution in [-0.2, 0) is 15.9 Å². The molecule has 0 radical (unpaired) electrons. The maximum atomic E-state index is 12.2. The lowest BCUT2D eigenvalue weighted by atomic mass is 9.84. The summed E-state index contributed by atoms with van der Waals surface area (Å²) in [5, 5.41) is 6.16. The van der Waals surface area contributed by atoms with Gasteiger partial charge < -0.3 is 20.1 Å². The van der Waals surface area contributed by atoms with E-state index in [1.54, 1.807) is 0 Å². The lowest BCUT2D eigenvalue weighted by molar-refractivity contribution is -0.139. The number of unbranched alkanes of at least 4 members (excludes halogenated alkanes) is 3. The maximum absolute atomic E-state index is 12.2. The van der Waals surface area contributed by atoms with Gasteiger partial charge in [-0.3, -0.25) is 0 Å². The minimum atomic E-state index is -0.0762. The molecule has 5 nitrogen and oxygen atoms in total. The van der Waals surface area contributed by atoms with Crippen molar-refractivity contribution in [3.8, 4) is 0 Å². The van der Waals surface area contributed by atoms with E-state index in [1.807, 2.05) is 0 Å². The Morgan fingerprint density at radius 2 is 1.81 bits per heavy atom. The highest BCUT2D eigenvalue weighted by Crippen LogP contribution is 2.34. The number of hydrogen-bond donors (Lipinski definition) is 2. The number of carbonyl (C=O) groups is 1. The summed E-state index contributed by atoms with van der Waals surface area (Å²) in [5.74, 6) is 0. The predicted molar refractivity (Wildman–Crippen MR) is 107 cm³/mol. The van der Waals surface area contributed by atoms with Crippen molar-refractivity contribution in [3.05, 3.63) is 35.9 Å². The maximum Gasteiger partial charge on any atom is 0.315 e. The summed E-state index contributed by atoms with van der Waals surface area (Å²) in [6.45, 7) is 3.01. The summed E-state index contributed by atoms with van der Waals surface area (Å²) in [4.78, 5) is 12.2. The molecule has 150 valence electrons. The molecule has 2 aliphatic rings. The number of rotatable bonds is 8. The number of carbonyl (C=O) groups excluding carboxylic acids is 1. The molecule has 2 heterocycles. The van der Waals surface area contributed by atoms with E-state index in [0.29, 0.717) is 0 Å². The summed E-state index contributed by atoms with van der Waals surface area (Å²) >= 11 is 0. The number of amides is 2. The van der Waals surface area contributed by atoms with E-state index in [1.165, 1.54) is 18.4 Å². The Balaban J connectivity index is 1.23. The van der Waals surface area contributed by atoms with Gasteiger partial charge in [0.05, 0.1) is 5.60 Å². The summed E-state index contributed by atoms with van der Waals surface area (Å²) in [6.07, 6.45) is 9.45. The molecule has 2 saturated heterocycles. The molecular weight excluding hydrogens is 340 g/mol. The summed E-state index contributed by atoms with van der Waals surface area (Å²) in [6, 6.07) is 10.8. The van der Waals surface area contributed by atoms with E-state index in [-0.39, 0.29) is 17.7 Å². The third kappa shape index (κ3) is 6.82. The molecule has 0 aliphatic carbocycles. The molecule has 2 amide bonds. The number of aryl methyl sites for hydroxylation is 1. The normalized spacial score (nSPS) is 21.7. The third-order valence-corrected chi connectivity index (χ3v) is 5.75. The van der Waals surface area contributed by atoms with E-state index >= 15 is 0 Å². The van der Waals surface area contributed by atoms with Gasteiger partial charge in [0.15, 0.2) is 0 Å². The molecule has 1 aromatic carbocycles. The smallest absolute Gasteiger partial charge is 0.315 e. The number of hydrogen-bond acceptors (Lipinski definition) is 3. The zero-order valence-corrected chi connectivity index (χ0v) is 16.4. The van der Waals surface area contributed by atoms with Crippen molar-refractivity contribution in [3.63, 3.8) is 0 Å². The average molecular weight is 375 g/mol. The zero-order chi connectivity index (χ0) is 18.8. The fraction of sp³-hybridized carbons (Fsp3) is 0.682. The molecule has 5 heteroatoms. The van der Waals surface area contributed by atoms with E-state index in [9.17, 15) is 4.79 Å². The summed E-state index contributed by atoms with van der Waals surface area (Å²) in [7, 11) is 0. The van der Waals surface area contributed by atoms with Crippen LogP contribution in [0.15, 0.2) is 30.3 Å².